The molecule has 1 aliphatic rings. The number of hydrogen-bond donors (Lipinski definition) is 0. The molecule has 1 fully saturated rings. The number of likely N-dealkylation sites (tertiary alicyclic amines) is 1. The molecule has 2 aromatic rings. The summed E-state index contributed by atoms with van der Waals surface area (Å²) in [6.45, 7) is 1.02. The van der Waals surface area contributed by atoms with Crippen LogP contribution < -0.4 is 10.3 Å². The molecule has 126 valence electrons. The monoisotopic (exact) mass is 393 g/mol. The molecule has 3 rings (SSSR count). The molecule has 0 N–H and O–H groups in total. The minimum Gasteiger partial charge on any atom is -0.458 e. The van der Waals surface area contributed by atoms with Gasteiger partial charge in [-0.2, -0.15) is 5.10 Å². The number of carbonyl (C=O) groups is 1. The van der Waals surface area contributed by atoms with Crippen LogP contribution in [0.4, 0.5) is 0 Å². The Bertz CT molecular complexity index is 764. The van der Waals surface area contributed by atoms with Crippen molar-refractivity contribution >= 4 is 21.8 Å². The average Bonchev–Trinajstić information content (AvgIpc) is 2.59. The summed E-state index contributed by atoms with van der Waals surface area (Å²) in [5, 5.41) is 3.91. The van der Waals surface area contributed by atoms with Crippen molar-refractivity contribution in [1.29, 1.82) is 0 Å². The fourth-order valence-corrected chi connectivity index (χ4v) is 2.71. The molecule has 0 aromatic carbocycles. The summed E-state index contributed by atoms with van der Waals surface area (Å²) >= 11 is 3.27. The number of nitrogens with zero attached hydrogens (tertiary/aromatic N) is 5. The highest BCUT2D eigenvalue weighted by Crippen LogP contribution is 2.16. The standard InChI is InChI=1S/C15H16BrN5O3/c16-11-7-17-15(18-8-11)24-12-3-2-6-20(9-12)14(23)10-21-13(22)4-1-5-19-21/h1,4-5,7-8,12H,2-3,6,9-10H2. The average molecular weight is 394 g/mol. The highest BCUT2D eigenvalue weighted by Gasteiger charge is 2.25. The van der Waals surface area contributed by atoms with Crippen molar-refractivity contribution in [1.82, 2.24) is 24.6 Å². The number of halogens is 1. The Kier molecular flexibility index (Phi) is 5.19. The normalized spacial score (nSPS) is 17.5. The van der Waals surface area contributed by atoms with Gasteiger partial charge in [-0.25, -0.2) is 14.6 Å². The molecule has 9 heteroatoms. The van der Waals surface area contributed by atoms with Crippen LogP contribution in [0.1, 0.15) is 12.8 Å². The molecule has 0 aliphatic carbocycles. The molecule has 3 heterocycles. The lowest BCUT2D eigenvalue weighted by Crippen LogP contribution is -2.46. The van der Waals surface area contributed by atoms with E-state index in [0.29, 0.717) is 19.1 Å². The van der Waals surface area contributed by atoms with Gasteiger partial charge in [-0.15, -0.1) is 0 Å². The van der Waals surface area contributed by atoms with Gasteiger partial charge in [0.1, 0.15) is 12.6 Å². The number of piperidine rings is 1. The van der Waals surface area contributed by atoms with Crippen molar-refractivity contribution in [3.05, 3.63) is 45.5 Å². The summed E-state index contributed by atoms with van der Waals surface area (Å²) in [6, 6.07) is 3.22. The first-order valence-corrected chi connectivity index (χ1v) is 8.35. The first kappa shape index (κ1) is 16.6. The molecule has 0 spiro atoms. The van der Waals surface area contributed by atoms with E-state index >= 15 is 0 Å². The van der Waals surface area contributed by atoms with Gasteiger partial charge in [0.2, 0.25) is 5.91 Å². The van der Waals surface area contributed by atoms with Crippen LogP contribution in [0.5, 0.6) is 6.01 Å². The van der Waals surface area contributed by atoms with Crippen molar-refractivity contribution in [3.63, 3.8) is 0 Å². The van der Waals surface area contributed by atoms with Gasteiger partial charge in [0.25, 0.3) is 5.56 Å². The van der Waals surface area contributed by atoms with E-state index < -0.39 is 0 Å². The molecule has 8 nitrogen and oxygen atoms in total. The molecule has 1 saturated heterocycles. The number of hydrogen-bond acceptors (Lipinski definition) is 6. The summed E-state index contributed by atoms with van der Waals surface area (Å²) in [4.78, 5) is 33.9. The lowest BCUT2D eigenvalue weighted by Gasteiger charge is -2.32. The molecular weight excluding hydrogens is 378 g/mol. The number of ether oxygens (including phenoxy) is 1. The van der Waals surface area contributed by atoms with E-state index in [1.807, 2.05) is 0 Å². The molecule has 1 atom stereocenters. The summed E-state index contributed by atoms with van der Waals surface area (Å²) in [7, 11) is 0. The Labute approximate surface area is 146 Å². The zero-order valence-corrected chi connectivity index (χ0v) is 14.4. The predicted octanol–water partition coefficient (Wildman–Crippen LogP) is 0.866. The van der Waals surface area contributed by atoms with E-state index in [-0.39, 0.29) is 24.1 Å². The first-order chi connectivity index (χ1) is 11.6. The fourth-order valence-electron chi connectivity index (χ4n) is 2.51. The largest absolute Gasteiger partial charge is 0.458 e. The van der Waals surface area contributed by atoms with E-state index in [2.05, 4.69) is 31.0 Å². The molecule has 1 amide bonds. The summed E-state index contributed by atoms with van der Waals surface area (Å²) < 4.78 is 7.68. The second-order valence-electron chi connectivity index (χ2n) is 5.43. The van der Waals surface area contributed by atoms with Crippen molar-refractivity contribution in [2.45, 2.75) is 25.5 Å². The third-order valence-corrected chi connectivity index (χ3v) is 4.08. The van der Waals surface area contributed by atoms with Crippen LogP contribution in [-0.2, 0) is 11.3 Å². The SMILES string of the molecule is O=C(Cn1ncccc1=O)N1CCCC(Oc2ncc(Br)cn2)C1. The van der Waals surface area contributed by atoms with Crippen LogP contribution in [0.15, 0.2) is 40.0 Å². The Morgan fingerprint density at radius 2 is 2.17 bits per heavy atom. The maximum atomic E-state index is 12.4. The zero-order valence-electron chi connectivity index (χ0n) is 12.8. The molecule has 0 radical (unpaired) electrons. The second-order valence-corrected chi connectivity index (χ2v) is 6.34. The Balaban J connectivity index is 1.60. The highest BCUT2D eigenvalue weighted by atomic mass is 79.9. The van der Waals surface area contributed by atoms with Gasteiger partial charge in [0.05, 0.1) is 11.0 Å². The van der Waals surface area contributed by atoms with E-state index in [9.17, 15) is 9.59 Å². The van der Waals surface area contributed by atoms with Crippen LogP contribution in [-0.4, -0.2) is 49.7 Å². The Morgan fingerprint density at radius 3 is 2.92 bits per heavy atom. The quantitative estimate of drug-likeness (QED) is 0.765. The van der Waals surface area contributed by atoms with E-state index in [1.165, 1.54) is 12.3 Å². The second kappa shape index (κ2) is 7.52. The van der Waals surface area contributed by atoms with Gasteiger partial charge in [-0.1, -0.05) is 0 Å². The smallest absolute Gasteiger partial charge is 0.316 e. The molecule has 0 saturated carbocycles. The highest BCUT2D eigenvalue weighted by molar-refractivity contribution is 9.10. The predicted molar refractivity (Wildman–Crippen MR) is 88.5 cm³/mol. The van der Waals surface area contributed by atoms with E-state index in [4.69, 9.17) is 4.74 Å². The van der Waals surface area contributed by atoms with Crippen LogP contribution in [0.25, 0.3) is 0 Å². The van der Waals surface area contributed by atoms with Gasteiger partial charge in [-0.3, -0.25) is 9.59 Å². The maximum absolute atomic E-state index is 12.4. The Morgan fingerprint density at radius 1 is 1.38 bits per heavy atom. The molecule has 0 bridgehead atoms. The van der Waals surface area contributed by atoms with Crippen LogP contribution in [0.3, 0.4) is 0 Å². The molecule has 1 aliphatic heterocycles. The summed E-state index contributed by atoms with van der Waals surface area (Å²) in [5.41, 5.74) is -0.293. The van der Waals surface area contributed by atoms with E-state index in [1.54, 1.807) is 23.4 Å². The fraction of sp³-hybridized carbons (Fsp3) is 0.400. The van der Waals surface area contributed by atoms with Crippen LogP contribution >= 0.6 is 15.9 Å². The Hall–Kier alpha value is -2.29. The van der Waals surface area contributed by atoms with Gasteiger partial charge >= 0.3 is 6.01 Å². The number of aromatic nitrogens is 4. The molecular formula is C15H16BrN5O3. The van der Waals surface area contributed by atoms with Crippen molar-refractivity contribution in [3.8, 4) is 6.01 Å². The molecule has 2 aromatic heterocycles. The van der Waals surface area contributed by atoms with Crippen molar-refractivity contribution in [2.24, 2.45) is 0 Å². The summed E-state index contributed by atoms with van der Waals surface area (Å²) in [5.74, 6) is -0.152. The zero-order chi connectivity index (χ0) is 16.9. The van der Waals surface area contributed by atoms with Gasteiger partial charge in [0, 0.05) is 31.2 Å². The lowest BCUT2D eigenvalue weighted by molar-refractivity contribution is -0.134. The van der Waals surface area contributed by atoms with Gasteiger partial charge in [0.15, 0.2) is 0 Å². The topological polar surface area (TPSA) is 90.2 Å². The van der Waals surface area contributed by atoms with Crippen molar-refractivity contribution < 1.29 is 9.53 Å². The lowest BCUT2D eigenvalue weighted by atomic mass is 10.1. The maximum Gasteiger partial charge on any atom is 0.316 e. The minimum absolute atomic E-state index is 0.0683. The molecule has 24 heavy (non-hydrogen) atoms. The minimum atomic E-state index is -0.293. The van der Waals surface area contributed by atoms with Crippen LogP contribution in [0.2, 0.25) is 0 Å². The third kappa shape index (κ3) is 4.16. The number of amides is 1. The number of rotatable bonds is 4. The third-order valence-electron chi connectivity index (χ3n) is 3.67. The van der Waals surface area contributed by atoms with E-state index in [0.717, 1.165) is 22.0 Å². The van der Waals surface area contributed by atoms with Crippen molar-refractivity contribution in [2.75, 3.05) is 13.1 Å². The van der Waals surface area contributed by atoms with Gasteiger partial charge < -0.3 is 9.64 Å². The first-order valence-electron chi connectivity index (χ1n) is 7.56. The number of carbonyl (C=O) groups excluding carboxylic acids is 1. The van der Waals surface area contributed by atoms with Crippen LogP contribution in [0, 0.1) is 0 Å². The molecule has 1 unspecified atom stereocenters. The summed E-state index contributed by atoms with van der Waals surface area (Å²) in [6.07, 6.45) is 6.20. The van der Waals surface area contributed by atoms with Gasteiger partial charge in [-0.05, 0) is 34.8 Å².